The van der Waals surface area contributed by atoms with Gasteiger partial charge in [-0.2, -0.15) is 0 Å². The zero-order valence-corrected chi connectivity index (χ0v) is 12.9. The van der Waals surface area contributed by atoms with Gasteiger partial charge in [-0.15, -0.1) is 11.3 Å². The second-order valence-electron chi connectivity index (χ2n) is 5.11. The molecule has 21 heavy (non-hydrogen) atoms. The van der Waals surface area contributed by atoms with Crippen molar-refractivity contribution in [3.05, 3.63) is 22.3 Å². The van der Waals surface area contributed by atoms with Crippen LogP contribution in [-0.4, -0.2) is 42.2 Å². The molecule has 1 aliphatic heterocycles. The topological polar surface area (TPSA) is 80.5 Å². The maximum absolute atomic E-state index is 12.4. The van der Waals surface area contributed by atoms with E-state index in [4.69, 9.17) is 10.5 Å². The van der Waals surface area contributed by atoms with Gasteiger partial charge >= 0.3 is 0 Å². The number of aromatic nitrogens is 1. The third-order valence-electron chi connectivity index (χ3n) is 3.50. The Kier molecular flexibility index (Phi) is 3.79. The summed E-state index contributed by atoms with van der Waals surface area (Å²) < 4.78 is 6.27. The van der Waals surface area contributed by atoms with Crippen molar-refractivity contribution in [1.82, 2.24) is 15.4 Å². The highest BCUT2D eigenvalue weighted by atomic mass is 32.1. The van der Waals surface area contributed by atoms with Gasteiger partial charge in [0.25, 0.3) is 5.91 Å². The van der Waals surface area contributed by atoms with Gasteiger partial charge in [-0.05, 0) is 19.9 Å². The van der Waals surface area contributed by atoms with Crippen molar-refractivity contribution in [2.45, 2.75) is 13.8 Å². The van der Waals surface area contributed by atoms with E-state index in [1.807, 2.05) is 24.9 Å². The molecule has 2 aromatic heterocycles. The van der Waals surface area contributed by atoms with E-state index >= 15 is 0 Å². The maximum Gasteiger partial charge on any atom is 0.277 e. The van der Waals surface area contributed by atoms with E-state index in [-0.39, 0.29) is 5.91 Å². The molecule has 1 aliphatic rings. The molecular weight excluding hydrogens is 288 g/mol. The van der Waals surface area contributed by atoms with Crippen LogP contribution in [0.1, 0.15) is 21.1 Å². The lowest BCUT2D eigenvalue weighted by Gasteiger charge is -2.26. The molecule has 1 fully saturated rings. The molecule has 0 saturated carbocycles. The van der Waals surface area contributed by atoms with Crippen molar-refractivity contribution in [3.63, 3.8) is 0 Å². The number of anilines is 1. The Bertz CT molecular complexity index is 692. The molecule has 0 bridgehead atoms. The number of nitrogens with one attached hydrogen (secondary N) is 1. The molecule has 1 saturated heterocycles. The molecule has 0 unspecified atom stereocenters. The number of nitrogen functional groups attached to an aromatic ring is 1. The minimum Gasteiger partial charge on any atom is -0.397 e. The SMILES string of the molecule is Cc1cc2sc(C(=O)NN3CCOCC3)c(N)c2c(C)n1. The Hall–Kier alpha value is -1.70. The van der Waals surface area contributed by atoms with Gasteiger partial charge in [0, 0.05) is 34.6 Å². The smallest absolute Gasteiger partial charge is 0.277 e. The van der Waals surface area contributed by atoms with E-state index in [0.717, 1.165) is 21.5 Å². The lowest BCUT2D eigenvalue weighted by atomic mass is 10.2. The molecule has 1 amide bonds. The Morgan fingerprint density at radius 1 is 1.43 bits per heavy atom. The molecule has 7 heteroatoms. The number of pyridine rings is 1. The highest BCUT2D eigenvalue weighted by molar-refractivity contribution is 7.21. The lowest BCUT2D eigenvalue weighted by Crippen LogP contribution is -2.48. The molecule has 2 aromatic rings. The number of nitrogens with zero attached hydrogens (tertiary/aromatic N) is 2. The van der Waals surface area contributed by atoms with Gasteiger partial charge in [0.05, 0.1) is 18.9 Å². The van der Waals surface area contributed by atoms with Crippen molar-refractivity contribution in [3.8, 4) is 0 Å². The third-order valence-corrected chi connectivity index (χ3v) is 4.65. The number of nitrogens with two attached hydrogens (primary N) is 1. The van der Waals surface area contributed by atoms with Crippen LogP contribution in [0.4, 0.5) is 5.69 Å². The van der Waals surface area contributed by atoms with Crippen molar-refractivity contribution in [2.75, 3.05) is 32.0 Å². The predicted molar refractivity (Wildman–Crippen MR) is 83.4 cm³/mol. The maximum atomic E-state index is 12.4. The van der Waals surface area contributed by atoms with E-state index in [2.05, 4.69) is 10.4 Å². The van der Waals surface area contributed by atoms with Gasteiger partial charge in [-0.1, -0.05) is 0 Å². The molecular formula is C14H18N4O2S. The van der Waals surface area contributed by atoms with Crippen molar-refractivity contribution in [1.29, 1.82) is 0 Å². The van der Waals surface area contributed by atoms with Gasteiger partial charge in [0.15, 0.2) is 0 Å². The van der Waals surface area contributed by atoms with Crippen molar-refractivity contribution < 1.29 is 9.53 Å². The molecule has 3 N–H and O–H groups in total. The summed E-state index contributed by atoms with van der Waals surface area (Å²) in [7, 11) is 0. The van der Waals surface area contributed by atoms with Crippen molar-refractivity contribution >= 4 is 33.0 Å². The summed E-state index contributed by atoms with van der Waals surface area (Å²) in [6.45, 7) is 6.50. The summed E-state index contributed by atoms with van der Waals surface area (Å²) in [6, 6.07) is 1.97. The van der Waals surface area contributed by atoms with E-state index in [1.165, 1.54) is 11.3 Å². The fourth-order valence-electron chi connectivity index (χ4n) is 2.52. The molecule has 0 spiro atoms. The minimum atomic E-state index is -0.160. The number of carbonyl (C=O) groups is 1. The van der Waals surface area contributed by atoms with E-state index in [9.17, 15) is 4.79 Å². The molecule has 6 nitrogen and oxygen atoms in total. The van der Waals surface area contributed by atoms with Crippen LogP contribution in [0.15, 0.2) is 6.07 Å². The van der Waals surface area contributed by atoms with E-state index in [0.29, 0.717) is 36.9 Å². The van der Waals surface area contributed by atoms with Gasteiger partial charge in [0.1, 0.15) is 4.88 Å². The predicted octanol–water partition coefficient (Wildman–Crippen LogP) is 1.47. The second kappa shape index (κ2) is 5.59. The monoisotopic (exact) mass is 306 g/mol. The standard InChI is InChI=1S/C14H18N4O2S/c1-8-7-10-11(9(2)16-8)12(15)13(21-10)14(19)17-18-3-5-20-6-4-18/h7H,3-6,15H2,1-2H3,(H,17,19). The molecule has 3 rings (SSSR count). The Labute approximate surface area is 126 Å². The first-order valence-corrected chi connectivity index (χ1v) is 7.68. The van der Waals surface area contributed by atoms with Gasteiger partial charge < -0.3 is 10.5 Å². The summed E-state index contributed by atoms with van der Waals surface area (Å²) >= 11 is 1.41. The zero-order valence-electron chi connectivity index (χ0n) is 12.1. The molecule has 0 radical (unpaired) electrons. The summed E-state index contributed by atoms with van der Waals surface area (Å²) in [5, 5.41) is 2.75. The summed E-state index contributed by atoms with van der Waals surface area (Å²) in [5.41, 5.74) is 11.4. The van der Waals surface area contributed by atoms with Gasteiger partial charge in [-0.25, -0.2) is 5.01 Å². The van der Waals surface area contributed by atoms with Crippen LogP contribution in [-0.2, 0) is 4.74 Å². The molecule has 112 valence electrons. The largest absolute Gasteiger partial charge is 0.397 e. The van der Waals surface area contributed by atoms with Crippen LogP contribution >= 0.6 is 11.3 Å². The molecule has 0 aliphatic carbocycles. The average Bonchev–Trinajstić information content (AvgIpc) is 2.77. The summed E-state index contributed by atoms with van der Waals surface area (Å²) in [5.74, 6) is -0.160. The number of hydrogen-bond acceptors (Lipinski definition) is 6. The first-order valence-electron chi connectivity index (χ1n) is 6.86. The number of aryl methyl sites for hydroxylation is 2. The number of hydrazine groups is 1. The van der Waals surface area contributed by atoms with Crippen LogP contribution in [0, 0.1) is 13.8 Å². The van der Waals surface area contributed by atoms with Crippen molar-refractivity contribution in [2.24, 2.45) is 0 Å². The van der Waals surface area contributed by atoms with Crippen LogP contribution in [0.2, 0.25) is 0 Å². The number of carbonyl (C=O) groups excluding carboxylic acids is 1. The Balaban J connectivity index is 1.91. The van der Waals surface area contributed by atoms with E-state index < -0.39 is 0 Å². The van der Waals surface area contributed by atoms with Crippen LogP contribution in [0.3, 0.4) is 0 Å². The number of thiophene rings is 1. The number of rotatable bonds is 2. The quantitative estimate of drug-likeness (QED) is 0.878. The Morgan fingerprint density at radius 3 is 2.86 bits per heavy atom. The lowest BCUT2D eigenvalue weighted by molar-refractivity contribution is 0.0128. The molecule has 0 aromatic carbocycles. The second-order valence-corrected chi connectivity index (χ2v) is 6.16. The van der Waals surface area contributed by atoms with E-state index in [1.54, 1.807) is 0 Å². The fraction of sp³-hybridized carbons (Fsp3) is 0.429. The third kappa shape index (κ3) is 2.72. The number of morpholine rings is 1. The molecule has 3 heterocycles. The van der Waals surface area contributed by atoms with Crippen LogP contribution in [0.5, 0.6) is 0 Å². The minimum absolute atomic E-state index is 0.160. The molecule has 0 atom stereocenters. The fourth-order valence-corrected chi connectivity index (χ4v) is 3.68. The number of hydrogen-bond donors (Lipinski definition) is 2. The van der Waals surface area contributed by atoms with Gasteiger partial charge in [-0.3, -0.25) is 15.2 Å². The normalized spacial score (nSPS) is 16.3. The summed E-state index contributed by atoms with van der Waals surface area (Å²) in [4.78, 5) is 17.4. The van der Waals surface area contributed by atoms with Crippen LogP contribution < -0.4 is 11.2 Å². The van der Waals surface area contributed by atoms with Crippen LogP contribution in [0.25, 0.3) is 10.1 Å². The zero-order chi connectivity index (χ0) is 15.0. The Morgan fingerprint density at radius 2 is 2.14 bits per heavy atom. The number of fused-ring (bicyclic) bond motifs is 1. The first kappa shape index (κ1) is 14.2. The number of amides is 1. The highest BCUT2D eigenvalue weighted by Crippen LogP contribution is 2.35. The average molecular weight is 306 g/mol. The first-order chi connectivity index (χ1) is 10.1. The summed E-state index contributed by atoms with van der Waals surface area (Å²) in [6.07, 6.45) is 0. The highest BCUT2D eigenvalue weighted by Gasteiger charge is 2.21. The number of ether oxygens (including phenoxy) is 1. The van der Waals surface area contributed by atoms with Gasteiger partial charge in [0.2, 0.25) is 0 Å².